The molecule has 1 aliphatic heterocycles. The van der Waals surface area contributed by atoms with Gasteiger partial charge in [0.25, 0.3) is 11.8 Å². The van der Waals surface area contributed by atoms with Crippen LogP contribution in [0, 0.1) is 5.82 Å². The van der Waals surface area contributed by atoms with E-state index in [1.165, 1.54) is 12.3 Å². The molecule has 8 heteroatoms. The molecule has 0 radical (unpaired) electrons. The number of amides is 3. The zero-order valence-electron chi connectivity index (χ0n) is 13.9. The fourth-order valence-electron chi connectivity index (χ4n) is 2.68. The molecule has 1 fully saturated rings. The van der Waals surface area contributed by atoms with Crippen molar-refractivity contribution in [2.75, 3.05) is 4.90 Å². The lowest BCUT2D eigenvalue weighted by Gasteiger charge is -2.16. The van der Waals surface area contributed by atoms with Crippen LogP contribution in [0.2, 0.25) is 0 Å². The number of hydrogen-bond acceptors (Lipinski definition) is 5. The third-order valence-electron chi connectivity index (χ3n) is 4.03. The van der Waals surface area contributed by atoms with Crippen LogP contribution in [0.4, 0.5) is 15.0 Å². The summed E-state index contributed by atoms with van der Waals surface area (Å²) >= 11 is 0. The largest absolute Gasteiger partial charge is 0.464 e. The molecule has 0 spiro atoms. The van der Waals surface area contributed by atoms with Crippen LogP contribution in [-0.4, -0.2) is 22.5 Å². The molecule has 0 bridgehead atoms. The highest BCUT2D eigenvalue weighted by Gasteiger charge is 2.45. The monoisotopic (exact) mass is 355 g/mol. The summed E-state index contributed by atoms with van der Waals surface area (Å²) in [6.45, 7) is 3.15. The second kappa shape index (κ2) is 5.55. The van der Waals surface area contributed by atoms with Crippen molar-refractivity contribution in [3.8, 4) is 11.6 Å². The summed E-state index contributed by atoms with van der Waals surface area (Å²) in [6, 6.07) is 8.50. The normalized spacial score (nSPS) is 16.2. The van der Waals surface area contributed by atoms with Crippen molar-refractivity contribution in [1.82, 2.24) is 10.3 Å². The van der Waals surface area contributed by atoms with Crippen molar-refractivity contribution in [1.29, 1.82) is 0 Å². The number of furan rings is 1. The molecule has 1 aliphatic rings. The SMILES string of the molecule is CC1(C)NC(=O)N(c2ccc(F)c(Oc3ccc4ccoc4c3)n2)C1=O. The van der Waals surface area contributed by atoms with Crippen molar-refractivity contribution >= 4 is 28.7 Å². The molecule has 2 aromatic heterocycles. The molecule has 132 valence electrons. The Bertz CT molecular complexity index is 1040. The number of carbonyl (C=O) groups is 2. The first-order valence-corrected chi connectivity index (χ1v) is 7.83. The Morgan fingerprint density at radius 2 is 2.00 bits per heavy atom. The molecule has 1 N–H and O–H groups in total. The molecule has 3 heterocycles. The van der Waals surface area contributed by atoms with Crippen LogP contribution in [0.25, 0.3) is 11.0 Å². The summed E-state index contributed by atoms with van der Waals surface area (Å²) in [7, 11) is 0. The number of halogens is 1. The van der Waals surface area contributed by atoms with Gasteiger partial charge in [-0.2, -0.15) is 4.98 Å². The standard InChI is InChI=1S/C18H14FN3O4/c1-18(2)16(23)22(17(24)21-18)14-6-5-12(19)15(20-14)26-11-4-3-10-7-8-25-13(10)9-11/h3-9H,1-2H3,(H,21,24). The number of carbonyl (C=O) groups excluding carboxylic acids is 2. The minimum atomic E-state index is -1.06. The van der Waals surface area contributed by atoms with Crippen molar-refractivity contribution in [2.24, 2.45) is 0 Å². The summed E-state index contributed by atoms with van der Waals surface area (Å²) in [5, 5.41) is 3.42. The minimum Gasteiger partial charge on any atom is -0.464 e. The van der Waals surface area contributed by atoms with E-state index < -0.39 is 23.3 Å². The smallest absolute Gasteiger partial charge is 0.330 e. The molecule has 0 aliphatic carbocycles. The molecule has 26 heavy (non-hydrogen) atoms. The third kappa shape index (κ3) is 2.55. The molecule has 3 amide bonds. The summed E-state index contributed by atoms with van der Waals surface area (Å²) in [4.78, 5) is 29.3. The summed E-state index contributed by atoms with van der Waals surface area (Å²) in [6.07, 6.45) is 1.53. The highest BCUT2D eigenvalue weighted by atomic mass is 19.1. The van der Waals surface area contributed by atoms with Crippen LogP contribution < -0.4 is 15.0 Å². The molecule has 4 rings (SSSR count). The lowest BCUT2D eigenvalue weighted by molar-refractivity contribution is -0.121. The van der Waals surface area contributed by atoms with Gasteiger partial charge in [0.15, 0.2) is 5.82 Å². The van der Waals surface area contributed by atoms with Gasteiger partial charge in [-0.25, -0.2) is 14.1 Å². The number of anilines is 1. The Kier molecular flexibility index (Phi) is 3.43. The van der Waals surface area contributed by atoms with E-state index in [0.717, 1.165) is 16.4 Å². The molecule has 1 aromatic carbocycles. The Labute approximate surface area is 147 Å². The number of benzene rings is 1. The average Bonchev–Trinajstić information content (AvgIpc) is 3.12. The number of fused-ring (bicyclic) bond motifs is 1. The number of pyridine rings is 1. The van der Waals surface area contributed by atoms with Crippen molar-refractivity contribution in [3.63, 3.8) is 0 Å². The Morgan fingerprint density at radius 1 is 1.19 bits per heavy atom. The Hall–Kier alpha value is -3.42. The molecule has 7 nitrogen and oxygen atoms in total. The Morgan fingerprint density at radius 3 is 2.73 bits per heavy atom. The van der Waals surface area contributed by atoms with E-state index in [-0.39, 0.29) is 11.7 Å². The van der Waals surface area contributed by atoms with E-state index in [1.54, 1.807) is 38.1 Å². The van der Waals surface area contributed by atoms with Crippen LogP contribution >= 0.6 is 0 Å². The van der Waals surface area contributed by atoms with Gasteiger partial charge < -0.3 is 14.5 Å². The molecule has 0 saturated carbocycles. The predicted octanol–water partition coefficient (Wildman–Crippen LogP) is 3.59. The first-order chi connectivity index (χ1) is 12.3. The van der Waals surface area contributed by atoms with E-state index in [9.17, 15) is 14.0 Å². The first kappa shape index (κ1) is 16.1. The number of ether oxygens (including phenoxy) is 1. The lowest BCUT2D eigenvalue weighted by atomic mass is 10.1. The third-order valence-corrected chi connectivity index (χ3v) is 4.03. The van der Waals surface area contributed by atoms with Gasteiger partial charge in [-0.15, -0.1) is 0 Å². The summed E-state index contributed by atoms with van der Waals surface area (Å²) in [5.41, 5.74) is -0.478. The van der Waals surface area contributed by atoms with Gasteiger partial charge in [0.2, 0.25) is 0 Å². The number of aromatic nitrogens is 1. The summed E-state index contributed by atoms with van der Waals surface area (Å²) in [5.74, 6) is -1.26. The van der Waals surface area contributed by atoms with Crippen LogP contribution in [0.15, 0.2) is 47.1 Å². The number of urea groups is 1. The van der Waals surface area contributed by atoms with Gasteiger partial charge in [0.1, 0.15) is 22.7 Å². The van der Waals surface area contributed by atoms with E-state index in [4.69, 9.17) is 9.15 Å². The number of rotatable bonds is 3. The van der Waals surface area contributed by atoms with Gasteiger partial charge in [0.05, 0.1) is 6.26 Å². The van der Waals surface area contributed by atoms with Gasteiger partial charge in [-0.1, -0.05) is 0 Å². The molecule has 0 atom stereocenters. The fourth-order valence-corrected chi connectivity index (χ4v) is 2.68. The van der Waals surface area contributed by atoms with Crippen molar-refractivity contribution in [2.45, 2.75) is 19.4 Å². The second-order valence-electron chi connectivity index (χ2n) is 6.37. The zero-order chi connectivity index (χ0) is 18.5. The molecular formula is C18H14FN3O4. The maximum absolute atomic E-state index is 14.1. The molecule has 1 saturated heterocycles. The minimum absolute atomic E-state index is 0.0199. The number of imide groups is 1. The Balaban J connectivity index is 1.68. The van der Waals surface area contributed by atoms with Crippen molar-refractivity contribution < 1.29 is 23.1 Å². The van der Waals surface area contributed by atoms with E-state index in [0.29, 0.717) is 11.3 Å². The maximum Gasteiger partial charge on any atom is 0.330 e. The van der Waals surface area contributed by atoms with Crippen LogP contribution in [0.3, 0.4) is 0 Å². The highest BCUT2D eigenvalue weighted by molar-refractivity contribution is 6.22. The quantitative estimate of drug-likeness (QED) is 0.726. The number of nitrogens with one attached hydrogen (secondary N) is 1. The topological polar surface area (TPSA) is 84.7 Å². The van der Waals surface area contributed by atoms with E-state index >= 15 is 0 Å². The summed E-state index contributed by atoms with van der Waals surface area (Å²) < 4.78 is 24.9. The van der Waals surface area contributed by atoms with Gasteiger partial charge in [0, 0.05) is 11.5 Å². The lowest BCUT2D eigenvalue weighted by Crippen LogP contribution is -2.40. The first-order valence-electron chi connectivity index (χ1n) is 7.83. The second-order valence-corrected chi connectivity index (χ2v) is 6.37. The molecule has 3 aromatic rings. The van der Waals surface area contributed by atoms with E-state index in [1.807, 2.05) is 0 Å². The van der Waals surface area contributed by atoms with Gasteiger partial charge in [-0.3, -0.25) is 4.79 Å². The number of hydrogen-bond donors (Lipinski definition) is 1. The van der Waals surface area contributed by atoms with Crippen molar-refractivity contribution in [3.05, 3.63) is 48.5 Å². The van der Waals surface area contributed by atoms with Crippen LogP contribution in [-0.2, 0) is 4.79 Å². The van der Waals surface area contributed by atoms with Crippen LogP contribution in [0.1, 0.15) is 13.8 Å². The average molecular weight is 355 g/mol. The van der Waals surface area contributed by atoms with E-state index in [2.05, 4.69) is 10.3 Å². The van der Waals surface area contributed by atoms with Gasteiger partial charge in [-0.05, 0) is 44.2 Å². The number of nitrogens with zero attached hydrogens (tertiary/aromatic N) is 2. The van der Waals surface area contributed by atoms with Crippen LogP contribution in [0.5, 0.6) is 11.6 Å². The predicted molar refractivity (Wildman–Crippen MR) is 90.6 cm³/mol. The highest BCUT2D eigenvalue weighted by Crippen LogP contribution is 2.30. The maximum atomic E-state index is 14.1. The fraction of sp³-hybridized carbons (Fsp3) is 0.167. The molecular weight excluding hydrogens is 341 g/mol. The van der Waals surface area contributed by atoms with Gasteiger partial charge >= 0.3 is 6.03 Å². The molecule has 0 unspecified atom stereocenters. The zero-order valence-corrected chi connectivity index (χ0v) is 13.9.